The zero-order chi connectivity index (χ0) is 12.6. The Labute approximate surface area is 121 Å². The van der Waals surface area contributed by atoms with Gasteiger partial charge in [-0.1, -0.05) is 15.9 Å². The van der Waals surface area contributed by atoms with Crippen molar-refractivity contribution in [1.29, 1.82) is 0 Å². The lowest BCUT2D eigenvalue weighted by Gasteiger charge is -2.06. The lowest BCUT2D eigenvalue weighted by atomic mass is 10.0. The van der Waals surface area contributed by atoms with Crippen molar-refractivity contribution in [1.82, 2.24) is 0 Å². The van der Waals surface area contributed by atoms with Crippen molar-refractivity contribution in [2.24, 2.45) is 0 Å². The van der Waals surface area contributed by atoms with E-state index in [9.17, 15) is 4.79 Å². The smallest absolute Gasteiger partial charge is 0.204 e. The fourth-order valence-corrected chi connectivity index (χ4v) is 3.41. The average molecular weight is 374 g/mol. The summed E-state index contributed by atoms with van der Waals surface area (Å²) in [6.45, 7) is 3.99. The van der Waals surface area contributed by atoms with Crippen LogP contribution in [-0.2, 0) is 0 Å². The molecule has 1 nitrogen and oxygen atoms in total. The van der Waals surface area contributed by atoms with Crippen LogP contribution in [-0.4, -0.2) is 5.78 Å². The number of carbonyl (C=O) groups excluding carboxylic acids is 1. The highest BCUT2D eigenvalue weighted by molar-refractivity contribution is 9.11. The summed E-state index contributed by atoms with van der Waals surface area (Å²) in [5, 5.41) is 1.91. The normalized spacial score (nSPS) is 10.6. The van der Waals surface area contributed by atoms with Crippen LogP contribution in [0.3, 0.4) is 0 Å². The third kappa shape index (κ3) is 2.54. The fraction of sp³-hybridized carbons (Fsp3) is 0.154. The molecule has 0 amide bonds. The van der Waals surface area contributed by atoms with Crippen LogP contribution in [0.2, 0.25) is 0 Å². The standard InChI is InChI=1S/C13H10Br2OS/c1-7-5-9(6-8(2)11(7)15)12(16)13-10(14)3-4-17-13/h3-6H,1-2H3. The van der Waals surface area contributed by atoms with E-state index in [1.54, 1.807) is 0 Å². The molecule has 0 aliphatic rings. The Kier molecular flexibility index (Phi) is 3.85. The van der Waals surface area contributed by atoms with Gasteiger partial charge in [-0.15, -0.1) is 11.3 Å². The molecule has 0 saturated carbocycles. The molecule has 4 heteroatoms. The van der Waals surface area contributed by atoms with E-state index < -0.39 is 0 Å². The molecule has 2 aromatic rings. The molecule has 0 aliphatic carbocycles. The van der Waals surface area contributed by atoms with Crippen LogP contribution in [0, 0.1) is 13.8 Å². The SMILES string of the molecule is Cc1cc(C(=O)c2sccc2Br)cc(C)c1Br. The number of carbonyl (C=O) groups is 1. The van der Waals surface area contributed by atoms with Gasteiger partial charge in [0, 0.05) is 14.5 Å². The van der Waals surface area contributed by atoms with Gasteiger partial charge in [-0.3, -0.25) is 4.79 Å². The Morgan fingerprint density at radius 2 is 1.76 bits per heavy atom. The van der Waals surface area contributed by atoms with Crippen LogP contribution in [0.1, 0.15) is 26.4 Å². The molecule has 1 aromatic carbocycles. The Bertz CT molecular complexity index is 564. The molecule has 0 saturated heterocycles. The van der Waals surface area contributed by atoms with Crippen LogP contribution in [0.15, 0.2) is 32.5 Å². The second-order valence-electron chi connectivity index (χ2n) is 3.85. The van der Waals surface area contributed by atoms with Crippen molar-refractivity contribution in [3.05, 3.63) is 54.1 Å². The van der Waals surface area contributed by atoms with Crippen LogP contribution < -0.4 is 0 Å². The van der Waals surface area contributed by atoms with Crippen LogP contribution in [0.4, 0.5) is 0 Å². The zero-order valence-electron chi connectivity index (χ0n) is 9.38. The first-order chi connectivity index (χ1) is 8.00. The monoisotopic (exact) mass is 372 g/mol. The summed E-state index contributed by atoms with van der Waals surface area (Å²) < 4.78 is 1.94. The minimum Gasteiger partial charge on any atom is -0.288 e. The number of hydrogen-bond acceptors (Lipinski definition) is 2. The lowest BCUT2D eigenvalue weighted by Crippen LogP contribution is -2.01. The quantitative estimate of drug-likeness (QED) is 0.667. The van der Waals surface area contributed by atoms with Crippen molar-refractivity contribution in [3.8, 4) is 0 Å². The average Bonchev–Trinajstić information content (AvgIpc) is 2.70. The maximum absolute atomic E-state index is 12.3. The van der Waals surface area contributed by atoms with Gasteiger partial charge in [-0.05, 0) is 64.5 Å². The molecule has 0 atom stereocenters. The van der Waals surface area contributed by atoms with Crippen molar-refractivity contribution in [2.45, 2.75) is 13.8 Å². The number of aryl methyl sites for hydroxylation is 2. The number of thiophene rings is 1. The highest BCUT2D eigenvalue weighted by atomic mass is 79.9. The predicted molar refractivity (Wildman–Crippen MR) is 79.1 cm³/mol. The van der Waals surface area contributed by atoms with Crippen LogP contribution in [0.25, 0.3) is 0 Å². The minimum absolute atomic E-state index is 0.0746. The van der Waals surface area contributed by atoms with E-state index in [1.165, 1.54) is 11.3 Å². The van der Waals surface area contributed by atoms with Crippen LogP contribution >= 0.6 is 43.2 Å². The third-order valence-electron chi connectivity index (χ3n) is 2.52. The second kappa shape index (κ2) is 5.04. The molecular formula is C13H10Br2OS. The van der Waals surface area contributed by atoms with E-state index in [4.69, 9.17) is 0 Å². The number of benzene rings is 1. The molecule has 88 valence electrons. The van der Waals surface area contributed by atoms with Gasteiger partial charge in [0.2, 0.25) is 5.78 Å². The molecule has 17 heavy (non-hydrogen) atoms. The van der Waals surface area contributed by atoms with Gasteiger partial charge in [0.1, 0.15) is 0 Å². The predicted octanol–water partition coefficient (Wildman–Crippen LogP) is 5.12. The van der Waals surface area contributed by atoms with E-state index in [2.05, 4.69) is 31.9 Å². The summed E-state index contributed by atoms with van der Waals surface area (Å²) in [6.07, 6.45) is 0. The van der Waals surface area contributed by atoms with E-state index >= 15 is 0 Å². The van der Waals surface area contributed by atoms with Crippen molar-refractivity contribution < 1.29 is 4.79 Å². The van der Waals surface area contributed by atoms with Crippen molar-refractivity contribution in [3.63, 3.8) is 0 Å². The maximum atomic E-state index is 12.3. The van der Waals surface area contributed by atoms with Gasteiger partial charge in [0.25, 0.3) is 0 Å². The lowest BCUT2D eigenvalue weighted by molar-refractivity contribution is 0.104. The van der Waals surface area contributed by atoms with Crippen molar-refractivity contribution >= 4 is 49.0 Å². The minimum atomic E-state index is 0.0746. The Balaban J connectivity index is 2.49. The van der Waals surface area contributed by atoms with Crippen LogP contribution in [0.5, 0.6) is 0 Å². The summed E-state index contributed by atoms with van der Waals surface area (Å²) in [5.74, 6) is 0.0746. The molecule has 0 bridgehead atoms. The molecule has 1 aromatic heterocycles. The zero-order valence-corrected chi connectivity index (χ0v) is 13.4. The Morgan fingerprint density at radius 3 is 2.24 bits per heavy atom. The summed E-state index contributed by atoms with van der Waals surface area (Å²) in [4.78, 5) is 13.1. The summed E-state index contributed by atoms with van der Waals surface area (Å²) >= 11 is 8.36. The maximum Gasteiger partial charge on any atom is 0.204 e. The number of ketones is 1. The topological polar surface area (TPSA) is 17.1 Å². The number of halogens is 2. The molecule has 1 heterocycles. The van der Waals surface area contributed by atoms with E-state index in [0.29, 0.717) is 0 Å². The number of hydrogen-bond donors (Lipinski definition) is 0. The molecule has 0 fully saturated rings. The Hall–Kier alpha value is -0.450. The van der Waals surface area contributed by atoms with Gasteiger partial charge >= 0.3 is 0 Å². The second-order valence-corrected chi connectivity index (χ2v) is 6.41. The molecular weight excluding hydrogens is 364 g/mol. The summed E-state index contributed by atoms with van der Waals surface area (Å²) in [6, 6.07) is 5.74. The van der Waals surface area contributed by atoms with Gasteiger partial charge in [-0.25, -0.2) is 0 Å². The molecule has 0 spiro atoms. The fourth-order valence-electron chi connectivity index (χ4n) is 1.66. The molecule has 2 rings (SSSR count). The van der Waals surface area contributed by atoms with Gasteiger partial charge < -0.3 is 0 Å². The van der Waals surface area contributed by atoms with Crippen molar-refractivity contribution in [2.75, 3.05) is 0 Å². The van der Waals surface area contributed by atoms with Gasteiger partial charge in [0.05, 0.1) is 4.88 Å². The Morgan fingerprint density at radius 1 is 1.18 bits per heavy atom. The largest absolute Gasteiger partial charge is 0.288 e. The van der Waals surface area contributed by atoms with E-state index in [1.807, 2.05) is 37.4 Å². The van der Waals surface area contributed by atoms with Gasteiger partial charge in [0.15, 0.2) is 0 Å². The first-order valence-electron chi connectivity index (χ1n) is 5.05. The highest BCUT2D eigenvalue weighted by Gasteiger charge is 2.15. The summed E-state index contributed by atoms with van der Waals surface area (Å²) in [7, 11) is 0. The molecule has 0 aliphatic heterocycles. The third-order valence-corrected chi connectivity index (χ3v) is 5.61. The van der Waals surface area contributed by atoms with Gasteiger partial charge in [-0.2, -0.15) is 0 Å². The highest BCUT2D eigenvalue weighted by Crippen LogP contribution is 2.28. The van der Waals surface area contributed by atoms with E-state index in [-0.39, 0.29) is 5.78 Å². The number of rotatable bonds is 2. The van der Waals surface area contributed by atoms with E-state index in [0.717, 1.165) is 30.5 Å². The molecule has 0 N–H and O–H groups in total. The summed E-state index contributed by atoms with van der Waals surface area (Å²) in [5.41, 5.74) is 2.91. The molecule has 0 unspecified atom stereocenters. The molecule has 0 radical (unpaired) electrons. The first-order valence-corrected chi connectivity index (χ1v) is 7.51. The first kappa shape index (κ1) is 13.0.